The average Bonchev–Trinajstić information content (AvgIpc) is 2.65. The lowest BCUT2D eigenvalue weighted by Crippen LogP contribution is -2.07. The molecule has 0 heterocycles. The summed E-state index contributed by atoms with van der Waals surface area (Å²) < 4.78 is 10.7. The van der Waals surface area contributed by atoms with Gasteiger partial charge < -0.3 is 14.8 Å². The maximum atomic E-state index is 11.4. The Labute approximate surface area is 178 Å². The van der Waals surface area contributed by atoms with Crippen LogP contribution in [0.25, 0.3) is 12.2 Å². The van der Waals surface area contributed by atoms with Crippen LogP contribution >= 0.6 is 0 Å². The van der Waals surface area contributed by atoms with Crippen LogP contribution in [0.15, 0.2) is 42.0 Å². The van der Waals surface area contributed by atoms with Gasteiger partial charge in [-0.05, 0) is 73.7 Å². The van der Waals surface area contributed by atoms with Crippen molar-refractivity contribution >= 4 is 29.7 Å². The summed E-state index contributed by atoms with van der Waals surface area (Å²) >= 11 is 0. The fraction of sp³-hybridized carbons (Fsp3) is 0.280. The number of carbonyl (C=O) groups is 2. The molecule has 0 aliphatic rings. The minimum atomic E-state index is -0.348. The topological polar surface area (TPSA) is 64.6 Å². The molecule has 2 aromatic carbocycles. The van der Waals surface area contributed by atoms with Crippen molar-refractivity contribution in [3.05, 3.63) is 64.2 Å². The maximum Gasteiger partial charge on any atom is 0.308 e. The zero-order valence-electron chi connectivity index (χ0n) is 18.5. The van der Waals surface area contributed by atoms with Crippen molar-refractivity contribution in [2.45, 2.75) is 41.0 Å². The van der Waals surface area contributed by atoms with E-state index in [1.807, 2.05) is 49.4 Å². The van der Waals surface area contributed by atoms with E-state index in [-0.39, 0.29) is 11.9 Å². The van der Waals surface area contributed by atoms with Crippen molar-refractivity contribution in [2.24, 2.45) is 0 Å². The summed E-state index contributed by atoms with van der Waals surface area (Å²) in [5.74, 6) is 0.610. The largest absolute Gasteiger partial charge is 0.495 e. The molecular formula is C25H29NO4. The highest BCUT2D eigenvalue weighted by molar-refractivity contribution is 5.90. The zero-order valence-corrected chi connectivity index (χ0v) is 18.5. The van der Waals surface area contributed by atoms with Gasteiger partial charge >= 0.3 is 5.97 Å². The summed E-state index contributed by atoms with van der Waals surface area (Å²) in [6.45, 7) is 9.01. The fourth-order valence-corrected chi connectivity index (χ4v) is 3.06. The summed E-state index contributed by atoms with van der Waals surface area (Å²) in [6, 6.07) is 9.34. The van der Waals surface area contributed by atoms with Crippen molar-refractivity contribution in [3.8, 4) is 11.5 Å². The number of anilines is 1. The second-order valence-corrected chi connectivity index (χ2v) is 7.36. The number of hydrogen-bond donors (Lipinski definition) is 1. The van der Waals surface area contributed by atoms with Crippen LogP contribution in [0.3, 0.4) is 0 Å². The normalized spacial score (nSPS) is 10.6. The molecule has 0 saturated heterocycles. The Morgan fingerprint density at radius 3 is 2.37 bits per heavy atom. The third-order valence-electron chi connectivity index (χ3n) is 4.45. The van der Waals surface area contributed by atoms with Crippen LogP contribution < -0.4 is 14.8 Å². The first-order chi connectivity index (χ1) is 14.2. The van der Waals surface area contributed by atoms with Crippen LogP contribution in [0, 0.1) is 6.92 Å². The number of ether oxygens (including phenoxy) is 2. The number of aryl methyl sites for hydroxylation is 1. The Balaban J connectivity index is 2.44. The summed E-state index contributed by atoms with van der Waals surface area (Å²) in [5.41, 5.74) is 6.00. The van der Waals surface area contributed by atoms with E-state index in [4.69, 9.17) is 9.47 Å². The predicted molar refractivity (Wildman–Crippen MR) is 122 cm³/mol. The lowest BCUT2D eigenvalue weighted by Gasteiger charge is -2.12. The van der Waals surface area contributed by atoms with Gasteiger partial charge in [-0.1, -0.05) is 29.9 Å². The van der Waals surface area contributed by atoms with Gasteiger partial charge in [-0.25, -0.2) is 0 Å². The number of hydrogen-bond acceptors (Lipinski definition) is 4. The molecule has 0 atom stereocenters. The molecule has 0 spiro atoms. The molecule has 30 heavy (non-hydrogen) atoms. The van der Waals surface area contributed by atoms with Crippen LogP contribution in [0.5, 0.6) is 11.5 Å². The van der Waals surface area contributed by atoms with E-state index in [1.54, 1.807) is 7.11 Å². The van der Waals surface area contributed by atoms with E-state index >= 15 is 0 Å². The molecule has 5 nitrogen and oxygen atoms in total. The molecule has 158 valence electrons. The molecule has 0 aromatic heterocycles. The highest BCUT2D eigenvalue weighted by atomic mass is 16.5. The van der Waals surface area contributed by atoms with Crippen molar-refractivity contribution in [1.29, 1.82) is 0 Å². The smallest absolute Gasteiger partial charge is 0.308 e. The number of allylic oxidation sites excluding steroid dienone is 2. The van der Waals surface area contributed by atoms with Crippen LogP contribution in [-0.2, 0) is 16.0 Å². The SMILES string of the molecule is COc1cc(/C=C/c2cc(OC(C)=O)cc(C)c2CC=C(C)C)ccc1NC(C)=O. The van der Waals surface area contributed by atoms with Gasteiger partial charge in [0.05, 0.1) is 12.8 Å². The lowest BCUT2D eigenvalue weighted by molar-refractivity contribution is -0.131. The first-order valence-electron chi connectivity index (χ1n) is 9.78. The standard InChI is InChI=1S/C25H29NO4/c1-16(2)7-11-23-17(3)13-22(30-19(5)28)15-21(23)10-8-20-9-12-24(26-18(4)27)25(14-20)29-6/h7-10,12-15H,11H2,1-6H3,(H,26,27)/b10-8+. The van der Waals surface area contributed by atoms with E-state index in [9.17, 15) is 9.59 Å². The number of benzene rings is 2. The van der Waals surface area contributed by atoms with Crippen molar-refractivity contribution in [3.63, 3.8) is 0 Å². The Bertz CT molecular complexity index is 998. The summed E-state index contributed by atoms with van der Waals surface area (Å²) in [6.07, 6.45) is 6.94. The fourth-order valence-electron chi connectivity index (χ4n) is 3.06. The lowest BCUT2D eigenvalue weighted by atomic mass is 9.96. The second-order valence-electron chi connectivity index (χ2n) is 7.36. The van der Waals surface area contributed by atoms with Crippen molar-refractivity contribution in [2.75, 3.05) is 12.4 Å². The highest BCUT2D eigenvalue weighted by Gasteiger charge is 2.09. The first kappa shape index (κ1) is 22.9. The Morgan fingerprint density at radius 2 is 1.77 bits per heavy atom. The number of esters is 1. The molecule has 0 fully saturated rings. The van der Waals surface area contributed by atoms with Gasteiger partial charge in [-0.3, -0.25) is 9.59 Å². The molecule has 1 N–H and O–H groups in total. The Kier molecular flexibility index (Phi) is 7.98. The quantitative estimate of drug-likeness (QED) is 0.282. The second kappa shape index (κ2) is 10.4. The van der Waals surface area contributed by atoms with E-state index in [2.05, 4.69) is 25.2 Å². The van der Waals surface area contributed by atoms with Gasteiger partial charge in [0.2, 0.25) is 5.91 Å². The van der Waals surface area contributed by atoms with Gasteiger partial charge in [0, 0.05) is 13.8 Å². The van der Waals surface area contributed by atoms with Gasteiger partial charge in [-0.2, -0.15) is 0 Å². The monoisotopic (exact) mass is 407 g/mol. The summed E-state index contributed by atoms with van der Waals surface area (Å²) in [4.78, 5) is 22.7. The van der Waals surface area contributed by atoms with Crippen molar-refractivity contribution in [1.82, 2.24) is 0 Å². The highest BCUT2D eigenvalue weighted by Crippen LogP contribution is 2.28. The number of amides is 1. The van der Waals surface area contributed by atoms with Crippen LogP contribution in [0.2, 0.25) is 0 Å². The van der Waals surface area contributed by atoms with E-state index in [0.29, 0.717) is 17.2 Å². The van der Waals surface area contributed by atoms with Gasteiger partial charge in [0.25, 0.3) is 0 Å². The molecule has 0 radical (unpaired) electrons. The number of nitrogens with one attached hydrogen (secondary N) is 1. The molecule has 0 bridgehead atoms. The van der Waals surface area contributed by atoms with Gasteiger partial charge in [0.1, 0.15) is 11.5 Å². The summed E-state index contributed by atoms with van der Waals surface area (Å²) in [5, 5.41) is 2.75. The van der Waals surface area contributed by atoms with Gasteiger partial charge in [0.15, 0.2) is 0 Å². The van der Waals surface area contributed by atoms with Crippen LogP contribution in [-0.4, -0.2) is 19.0 Å². The van der Waals surface area contributed by atoms with Crippen LogP contribution in [0.1, 0.15) is 49.9 Å². The van der Waals surface area contributed by atoms with E-state index in [0.717, 1.165) is 23.1 Å². The molecule has 0 unspecified atom stereocenters. The number of rotatable bonds is 7. The predicted octanol–water partition coefficient (Wildman–Crippen LogP) is 5.57. The summed E-state index contributed by atoms with van der Waals surface area (Å²) in [7, 11) is 1.57. The first-order valence-corrected chi connectivity index (χ1v) is 9.78. The maximum absolute atomic E-state index is 11.4. The number of methoxy groups -OCH3 is 1. The molecule has 1 amide bonds. The third kappa shape index (κ3) is 6.62. The molecule has 2 aromatic rings. The Morgan fingerprint density at radius 1 is 1.03 bits per heavy atom. The molecule has 5 heteroatoms. The third-order valence-corrected chi connectivity index (χ3v) is 4.45. The average molecular weight is 408 g/mol. The minimum Gasteiger partial charge on any atom is -0.495 e. The minimum absolute atomic E-state index is 0.154. The van der Waals surface area contributed by atoms with Gasteiger partial charge in [-0.15, -0.1) is 0 Å². The van der Waals surface area contributed by atoms with Crippen LogP contribution in [0.4, 0.5) is 5.69 Å². The Hall–Kier alpha value is -3.34. The van der Waals surface area contributed by atoms with E-state index < -0.39 is 0 Å². The molecule has 2 rings (SSSR count). The molecule has 0 saturated carbocycles. The molecule has 0 aliphatic carbocycles. The molecular weight excluding hydrogens is 378 g/mol. The van der Waals surface area contributed by atoms with Crippen molar-refractivity contribution < 1.29 is 19.1 Å². The zero-order chi connectivity index (χ0) is 22.3. The van der Waals surface area contributed by atoms with E-state index in [1.165, 1.54) is 25.0 Å². The number of carbonyl (C=O) groups excluding carboxylic acids is 2. The molecule has 0 aliphatic heterocycles.